The molecule has 0 aliphatic carbocycles. The summed E-state index contributed by atoms with van der Waals surface area (Å²) in [5.41, 5.74) is 0.970. The summed E-state index contributed by atoms with van der Waals surface area (Å²) in [5, 5.41) is 14.6. The molecule has 2 amide bonds. The van der Waals surface area contributed by atoms with Crippen molar-refractivity contribution in [1.82, 2.24) is 10.6 Å². The van der Waals surface area contributed by atoms with Gasteiger partial charge in [-0.25, -0.2) is 4.79 Å². The number of hydrogen-bond acceptors (Lipinski definition) is 3. The van der Waals surface area contributed by atoms with Crippen molar-refractivity contribution in [2.24, 2.45) is 5.92 Å². The SMILES string of the molecule is COc1cccc(CNC(=O)NC(C)C(C)CO)c1. The van der Waals surface area contributed by atoms with Crippen LogP contribution in [0.25, 0.3) is 0 Å². The Morgan fingerprint density at radius 3 is 2.79 bits per heavy atom. The van der Waals surface area contributed by atoms with Gasteiger partial charge in [0.15, 0.2) is 0 Å². The number of aliphatic hydroxyl groups excluding tert-OH is 1. The minimum Gasteiger partial charge on any atom is -0.497 e. The minimum atomic E-state index is -0.240. The van der Waals surface area contributed by atoms with E-state index in [2.05, 4.69) is 10.6 Å². The Morgan fingerprint density at radius 1 is 1.42 bits per heavy atom. The Kier molecular flexibility index (Phi) is 6.15. The lowest BCUT2D eigenvalue weighted by Crippen LogP contribution is -2.43. The van der Waals surface area contributed by atoms with Crippen LogP contribution in [0.1, 0.15) is 19.4 Å². The van der Waals surface area contributed by atoms with E-state index < -0.39 is 0 Å². The van der Waals surface area contributed by atoms with Gasteiger partial charge in [0.25, 0.3) is 0 Å². The van der Waals surface area contributed by atoms with Crippen LogP contribution in [0.5, 0.6) is 5.75 Å². The first-order chi connectivity index (χ1) is 9.06. The van der Waals surface area contributed by atoms with Crippen LogP contribution >= 0.6 is 0 Å². The summed E-state index contributed by atoms with van der Waals surface area (Å²) in [6.45, 7) is 4.24. The molecule has 1 aromatic rings. The average Bonchev–Trinajstić information content (AvgIpc) is 2.44. The van der Waals surface area contributed by atoms with Crippen molar-refractivity contribution in [3.8, 4) is 5.75 Å². The molecule has 1 aromatic carbocycles. The van der Waals surface area contributed by atoms with Gasteiger partial charge in [0.05, 0.1) is 7.11 Å². The maximum absolute atomic E-state index is 11.7. The van der Waals surface area contributed by atoms with Gasteiger partial charge in [-0.3, -0.25) is 0 Å². The Bertz CT molecular complexity index is 409. The average molecular weight is 266 g/mol. The van der Waals surface area contributed by atoms with Crippen LogP contribution in [0.3, 0.4) is 0 Å². The topological polar surface area (TPSA) is 70.6 Å². The molecule has 0 bridgehead atoms. The fraction of sp³-hybridized carbons (Fsp3) is 0.500. The van der Waals surface area contributed by atoms with E-state index in [4.69, 9.17) is 9.84 Å². The maximum Gasteiger partial charge on any atom is 0.315 e. The van der Waals surface area contributed by atoms with E-state index in [0.717, 1.165) is 11.3 Å². The van der Waals surface area contributed by atoms with Crippen LogP contribution in [0.4, 0.5) is 4.79 Å². The number of amides is 2. The fourth-order valence-electron chi connectivity index (χ4n) is 1.52. The van der Waals surface area contributed by atoms with Crippen molar-refractivity contribution in [1.29, 1.82) is 0 Å². The zero-order chi connectivity index (χ0) is 14.3. The lowest BCUT2D eigenvalue weighted by Gasteiger charge is -2.19. The number of nitrogens with one attached hydrogen (secondary N) is 2. The van der Waals surface area contributed by atoms with E-state index in [1.165, 1.54) is 0 Å². The molecule has 0 saturated carbocycles. The van der Waals surface area contributed by atoms with Gasteiger partial charge in [0.2, 0.25) is 0 Å². The second-order valence-corrected chi connectivity index (χ2v) is 4.63. The van der Waals surface area contributed by atoms with Crippen LogP contribution in [-0.2, 0) is 6.54 Å². The third kappa shape index (κ3) is 5.18. The first kappa shape index (κ1) is 15.3. The van der Waals surface area contributed by atoms with E-state index in [-0.39, 0.29) is 24.6 Å². The molecule has 5 nitrogen and oxygen atoms in total. The molecule has 106 valence electrons. The zero-order valence-corrected chi connectivity index (χ0v) is 11.6. The minimum absolute atomic E-state index is 0.0302. The maximum atomic E-state index is 11.7. The zero-order valence-electron chi connectivity index (χ0n) is 11.6. The quantitative estimate of drug-likeness (QED) is 0.731. The normalized spacial score (nSPS) is 13.5. The number of carbonyl (C=O) groups is 1. The smallest absolute Gasteiger partial charge is 0.315 e. The van der Waals surface area contributed by atoms with Crippen molar-refractivity contribution in [3.05, 3.63) is 29.8 Å². The summed E-state index contributed by atoms with van der Waals surface area (Å²) in [6.07, 6.45) is 0. The summed E-state index contributed by atoms with van der Waals surface area (Å²) in [6, 6.07) is 7.22. The number of aliphatic hydroxyl groups is 1. The van der Waals surface area contributed by atoms with E-state index in [1.807, 2.05) is 38.1 Å². The standard InChI is InChI=1S/C14H22N2O3/c1-10(9-17)11(2)16-14(18)15-8-12-5-4-6-13(7-12)19-3/h4-7,10-11,17H,8-9H2,1-3H3,(H2,15,16,18). The largest absolute Gasteiger partial charge is 0.497 e. The summed E-state index contributed by atoms with van der Waals surface area (Å²) in [5.74, 6) is 0.796. The van der Waals surface area contributed by atoms with Crippen molar-refractivity contribution >= 4 is 6.03 Å². The van der Waals surface area contributed by atoms with E-state index in [1.54, 1.807) is 7.11 Å². The molecule has 5 heteroatoms. The molecule has 0 fully saturated rings. The van der Waals surface area contributed by atoms with Crippen molar-refractivity contribution < 1.29 is 14.6 Å². The first-order valence-corrected chi connectivity index (χ1v) is 6.35. The monoisotopic (exact) mass is 266 g/mol. The van der Waals surface area contributed by atoms with Gasteiger partial charge in [0, 0.05) is 19.2 Å². The molecule has 0 heterocycles. The number of ether oxygens (including phenoxy) is 1. The number of urea groups is 1. The molecule has 19 heavy (non-hydrogen) atoms. The van der Waals surface area contributed by atoms with Crippen molar-refractivity contribution in [2.45, 2.75) is 26.4 Å². The third-order valence-electron chi connectivity index (χ3n) is 3.09. The third-order valence-corrected chi connectivity index (χ3v) is 3.09. The number of carbonyl (C=O) groups excluding carboxylic acids is 1. The highest BCUT2D eigenvalue weighted by Gasteiger charge is 2.13. The van der Waals surface area contributed by atoms with E-state index >= 15 is 0 Å². The van der Waals surface area contributed by atoms with Gasteiger partial charge >= 0.3 is 6.03 Å². The second-order valence-electron chi connectivity index (χ2n) is 4.63. The molecule has 2 atom stereocenters. The van der Waals surface area contributed by atoms with Crippen LogP contribution in [0.2, 0.25) is 0 Å². The van der Waals surface area contributed by atoms with Gasteiger partial charge in [0.1, 0.15) is 5.75 Å². The number of benzene rings is 1. The van der Waals surface area contributed by atoms with Gasteiger partial charge < -0.3 is 20.5 Å². The molecule has 0 spiro atoms. The predicted molar refractivity (Wildman–Crippen MR) is 74.1 cm³/mol. The second kappa shape index (κ2) is 7.63. The Labute approximate surface area is 114 Å². The number of rotatable bonds is 6. The molecule has 3 N–H and O–H groups in total. The van der Waals surface area contributed by atoms with E-state index in [0.29, 0.717) is 6.54 Å². The Hall–Kier alpha value is -1.75. The highest BCUT2D eigenvalue weighted by molar-refractivity contribution is 5.74. The summed E-state index contributed by atoms with van der Waals surface area (Å²) in [4.78, 5) is 11.7. The Balaban J connectivity index is 2.41. The first-order valence-electron chi connectivity index (χ1n) is 6.35. The molecular weight excluding hydrogens is 244 g/mol. The molecule has 2 unspecified atom stereocenters. The number of hydrogen-bond donors (Lipinski definition) is 3. The Morgan fingerprint density at radius 2 is 2.16 bits per heavy atom. The molecule has 0 aliphatic rings. The van der Waals surface area contributed by atoms with Crippen LogP contribution in [0, 0.1) is 5.92 Å². The van der Waals surface area contributed by atoms with Gasteiger partial charge in [-0.2, -0.15) is 0 Å². The molecule has 0 aromatic heterocycles. The molecule has 0 saturated heterocycles. The lowest BCUT2D eigenvalue weighted by molar-refractivity contribution is 0.200. The van der Waals surface area contributed by atoms with Gasteiger partial charge in [-0.1, -0.05) is 19.1 Å². The van der Waals surface area contributed by atoms with Gasteiger partial charge in [-0.05, 0) is 30.5 Å². The summed E-state index contributed by atoms with van der Waals surface area (Å²) >= 11 is 0. The highest BCUT2D eigenvalue weighted by atomic mass is 16.5. The highest BCUT2D eigenvalue weighted by Crippen LogP contribution is 2.12. The van der Waals surface area contributed by atoms with Gasteiger partial charge in [-0.15, -0.1) is 0 Å². The molecule has 0 aliphatic heterocycles. The van der Waals surface area contributed by atoms with Crippen LogP contribution < -0.4 is 15.4 Å². The summed E-state index contributed by atoms with van der Waals surface area (Å²) in [7, 11) is 1.61. The molecule has 0 radical (unpaired) electrons. The predicted octanol–water partition coefficient (Wildman–Crippen LogP) is 1.51. The fourth-order valence-corrected chi connectivity index (χ4v) is 1.52. The molecular formula is C14H22N2O3. The van der Waals surface area contributed by atoms with Crippen molar-refractivity contribution in [2.75, 3.05) is 13.7 Å². The van der Waals surface area contributed by atoms with Crippen molar-refractivity contribution in [3.63, 3.8) is 0 Å². The van der Waals surface area contributed by atoms with Crippen LogP contribution in [-0.4, -0.2) is 30.9 Å². The van der Waals surface area contributed by atoms with Crippen LogP contribution in [0.15, 0.2) is 24.3 Å². The number of methoxy groups -OCH3 is 1. The molecule has 1 rings (SSSR count). The lowest BCUT2D eigenvalue weighted by atomic mass is 10.1. The van der Waals surface area contributed by atoms with E-state index in [9.17, 15) is 4.79 Å². The summed E-state index contributed by atoms with van der Waals surface area (Å²) < 4.78 is 5.12.